The van der Waals surface area contributed by atoms with E-state index >= 15 is 0 Å². The van der Waals surface area contributed by atoms with Crippen molar-refractivity contribution in [3.05, 3.63) is 60.7 Å². The van der Waals surface area contributed by atoms with Crippen LogP contribution in [0.25, 0.3) is 0 Å². The summed E-state index contributed by atoms with van der Waals surface area (Å²) in [6, 6.07) is 20.7. The molecule has 0 aromatic heterocycles. The number of nitrogens with zero attached hydrogens (tertiary/aromatic N) is 1. The van der Waals surface area contributed by atoms with Crippen molar-refractivity contribution >= 4 is 11.4 Å². The number of para-hydroxylation sites is 2. The Hall–Kier alpha value is -1.84. The zero-order valence-electron chi connectivity index (χ0n) is 13.7. The van der Waals surface area contributed by atoms with Crippen LogP contribution in [-0.4, -0.2) is 37.4 Å². The smallest absolute Gasteiger partial charge is 0.121 e. The van der Waals surface area contributed by atoms with Gasteiger partial charge in [0.2, 0.25) is 0 Å². The maximum Gasteiger partial charge on any atom is 0.121 e. The molecule has 0 bridgehead atoms. The number of aliphatic hydroxyl groups excluding tert-OH is 1. The monoisotopic (exact) mass is 311 g/mol. The number of rotatable bonds is 6. The number of hydrogen-bond acceptors (Lipinski definition) is 2. The third-order valence-corrected chi connectivity index (χ3v) is 4.61. The van der Waals surface area contributed by atoms with Crippen molar-refractivity contribution in [3.63, 3.8) is 0 Å². The van der Waals surface area contributed by atoms with Crippen LogP contribution in [0.2, 0.25) is 0 Å². The number of benzene rings is 2. The van der Waals surface area contributed by atoms with Gasteiger partial charge in [0, 0.05) is 11.4 Å². The molecular formula is C20H27N2O+. The Labute approximate surface area is 139 Å². The van der Waals surface area contributed by atoms with E-state index in [4.69, 9.17) is 0 Å². The van der Waals surface area contributed by atoms with E-state index in [1.807, 2.05) is 36.4 Å². The van der Waals surface area contributed by atoms with Gasteiger partial charge in [-0.1, -0.05) is 36.4 Å². The SMILES string of the molecule is OC(CN(c1ccccc1)c1ccccc1)C[NH+]1CCCCC1. The maximum atomic E-state index is 10.6. The molecule has 3 rings (SSSR count). The van der Waals surface area contributed by atoms with Gasteiger partial charge in [0.05, 0.1) is 19.6 Å². The van der Waals surface area contributed by atoms with Crippen molar-refractivity contribution in [2.24, 2.45) is 0 Å². The van der Waals surface area contributed by atoms with E-state index in [-0.39, 0.29) is 6.10 Å². The zero-order valence-corrected chi connectivity index (χ0v) is 13.7. The molecule has 3 heteroatoms. The van der Waals surface area contributed by atoms with Gasteiger partial charge in [-0.25, -0.2) is 0 Å². The Morgan fingerprint density at radius 1 is 0.826 bits per heavy atom. The number of likely N-dealkylation sites (tertiary alicyclic amines) is 1. The summed E-state index contributed by atoms with van der Waals surface area (Å²) in [7, 11) is 0. The highest BCUT2D eigenvalue weighted by molar-refractivity contribution is 5.62. The van der Waals surface area contributed by atoms with Crippen LogP contribution in [0.3, 0.4) is 0 Å². The minimum absolute atomic E-state index is 0.316. The van der Waals surface area contributed by atoms with E-state index in [1.54, 1.807) is 4.90 Å². The van der Waals surface area contributed by atoms with E-state index in [0.29, 0.717) is 6.54 Å². The van der Waals surface area contributed by atoms with Crippen LogP contribution in [0.5, 0.6) is 0 Å². The average Bonchev–Trinajstić information content (AvgIpc) is 2.62. The first-order valence-corrected chi connectivity index (χ1v) is 8.72. The molecule has 1 aliphatic rings. The first-order valence-electron chi connectivity index (χ1n) is 8.72. The molecule has 0 spiro atoms. The van der Waals surface area contributed by atoms with Gasteiger partial charge in [-0.3, -0.25) is 0 Å². The summed E-state index contributed by atoms with van der Waals surface area (Å²) in [6.07, 6.45) is 3.62. The Balaban J connectivity index is 1.71. The Morgan fingerprint density at radius 3 is 1.87 bits per heavy atom. The summed E-state index contributed by atoms with van der Waals surface area (Å²) >= 11 is 0. The highest BCUT2D eigenvalue weighted by Crippen LogP contribution is 2.24. The topological polar surface area (TPSA) is 27.9 Å². The second-order valence-electron chi connectivity index (χ2n) is 6.45. The van der Waals surface area contributed by atoms with Crippen molar-refractivity contribution in [2.45, 2.75) is 25.4 Å². The summed E-state index contributed by atoms with van der Waals surface area (Å²) < 4.78 is 0. The van der Waals surface area contributed by atoms with E-state index < -0.39 is 0 Å². The van der Waals surface area contributed by atoms with Crippen LogP contribution >= 0.6 is 0 Å². The van der Waals surface area contributed by atoms with Gasteiger partial charge in [0.25, 0.3) is 0 Å². The molecule has 0 saturated carbocycles. The van der Waals surface area contributed by atoms with Gasteiger partial charge in [-0.05, 0) is 43.5 Å². The van der Waals surface area contributed by atoms with Crippen LogP contribution in [0.1, 0.15) is 19.3 Å². The molecule has 1 fully saturated rings. The van der Waals surface area contributed by atoms with Gasteiger partial charge in [-0.2, -0.15) is 0 Å². The fourth-order valence-corrected chi connectivity index (χ4v) is 3.44. The maximum absolute atomic E-state index is 10.6. The fraction of sp³-hybridized carbons (Fsp3) is 0.400. The molecule has 1 saturated heterocycles. The molecule has 23 heavy (non-hydrogen) atoms. The molecule has 2 aromatic rings. The third-order valence-electron chi connectivity index (χ3n) is 4.61. The van der Waals surface area contributed by atoms with E-state index in [9.17, 15) is 5.11 Å². The Bertz CT molecular complexity index is 527. The number of anilines is 2. The van der Waals surface area contributed by atoms with E-state index in [2.05, 4.69) is 29.2 Å². The third kappa shape index (κ3) is 4.57. The number of hydrogen-bond donors (Lipinski definition) is 2. The van der Waals surface area contributed by atoms with E-state index in [1.165, 1.54) is 32.4 Å². The van der Waals surface area contributed by atoms with Crippen molar-refractivity contribution in [3.8, 4) is 0 Å². The molecule has 0 radical (unpaired) electrons. The van der Waals surface area contributed by atoms with E-state index in [0.717, 1.165) is 17.9 Å². The lowest BCUT2D eigenvalue weighted by Crippen LogP contribution is -3.14. The van der Waals surface area contributed by atoms with Crippen molar-refractivity contribution in [1.82, 2.24) is 0 Å². The molecule has 1 aliphatic heterocycles. The van der Waals surface area contributed by atoms with Crippen LogP contribution in [0.15, 0.2) is 60.7 Å². The van der Waals surface area contributed by atoms with Crippen LogP contribution in [0, 0.1) is 0 Å². The molecule has 0 aliphatic carbocycles. The molecule has 0 amide bonds. The van der Waals surface area contributed by atoms with Gasteiger partial charge >= 0.3 is 0 Å². The molecule has 3 nitrogen and oxygen atoms in total. The first kappa shape index (κ1) is 16.0. The average molecular weight is 311 g/mol. The summed E-state index contributed by atoms with van der Waals surface area (Å²) in [5, 5.41) is 10.6. The Kier molecular flexibility index (Phi) is 5.67. The lowest BCUT2D eigenvalue weighted by molar-refractivity contribution is -0.907. The quantitative estimate of drug-likeness (QED) is 0.856. The van der Waals surface area contributed by atoms with Crippen LogP contribution in [0.4, 0.5) is 11.4 Å². The zero-order chi connectivity index (χ0) is 15.9. The van der Waals surface area contributed by atoms with Crippen LogP contribution in [-0.2, 0) is 0 Å². The second-order valence-corrected chi connectivity index (χ2v) is 6.45. The number of aliphatic hydroxyl groups is 1. The van der Waals surface area contributed by atoms with Gasteiger partial charge in [0.15, 0.2) is 0 Å². The molecule has 2 N–H and O–H groups in total. The first-order chi connectivity index (χ1) is 11.3. The summed E-state index contributed by atoms with van der Waals surface area (Å²) in [4.78, 5) is 3.76. The molecular weight excluding hydrogens is 284 g/mol. The number of nitrogens with one attached hydrogen (secondary N) is 1. The van der Waals surface area contributed by atoms with Crippen LogP contribution < -0.4 is 9.80 Å². The van der Waals surface area contributed by atoms with Gasteiger partial charge in [-0.15, -0.1) is 0 Å². The fourth-order valence-electron chi connectivity index (χ4n) is 3.44. The molecule has 122 valence electrons. The second kappa shape index (κ2) is 8.14. The minimum atomic E-state index is -0.316. The molecule has 1 atom stereocenters. The van der Waals surface area contributed by atoms with Crippen molar-refractivity contribution in [2.75, 3.05) is 31.1 Å². The number of piperidine rings is 1. The lowest BCUT2D eigenvalue weighted by atomic mass is 10.1. The summed E-state index contributed by atoms with van der Waals surface area (Å²) in [6.45, 7) is 3.88. The predicted octanol–water partition coefficient (Wildman–Crippen LogP) is 2.25. The van der Waals surface area contributed by atoms with Gasteiger partial charge in [0.1, 0.15) is 12.6 Å². The van der Waals surface area contributed by atoms with Gasteiger partial charge < -0.3 is 14.9 Å². The molecule has 2 aromatic carbocycles. The number of quaternary nitrogens is 1. The van der Waals surface area contributed by atoms with Crippen molar-refractivity contribution < 1.29 is 10.0 Å². The standard InChI is InChI=1S/C20H26N2O/c23-20(16-21-14-8-3-9-15-21)17-22(18-10-4-1-5-11-18)19-12-6-2-7-13-19/h1-2,4-7,10-13,20,23H,3,8-9,14-17H2/p+1. The minimum Gasteiger partial charge on any atom is -0.385 e. The normalized spacial score (nSPS) is 16.9. The molecule has 1 heterocycles. The predicted molar refractivity (Wildman–Crippen MR) is 95.3 cm³/mol. The van der Waals surface area contributed by atoms with Crippen molar-refractivity contribution in [1.29, 1.82) is 0 Å². The Morgan fingerprint density at radius 2 is 1.35 bits per heavy atom. The largest absolute Gasteiger partial charge is 0.385 e. The highest BCUT2D eigenvalue weighted by Gasteiger charge is 2.21. The summed E-state index contributed by atoms with van der Waals surface area (Å²) in [5.41, 5.74) is 2.26. The lowest BCUT2D eigenvalue weighted by Gasteiger charge is -2.30. The molecule has 1 unspecified atom stereocenters. The summed E-state index contributed by atoms with van der Waals surface area (Å²) in [5.74, 6) is 0. The highest BCUT2D eigenvalue weighted by atomic mass is 16.3.